The monoisotopic (exact) mass is 241 g/mol. The molecule has 0 aromatic heterocycles. The summed E-state index contributed by atoms with van der Waals surface area (Å²) in [5.74, 6) is -0.315. The average molecular weight is 241 g/mol. The molecule has 1 aromatic rings. The Morgan fingerprint density at radius 2 is 2.25 bits per heavy atom. The molecule has 1 aliphatic rings. The first-order valence-electron chi connectivity index (χ1n) is 5.56. The Morgan fingerprint density at radius 1 is 1.44 bits per heavy atom. The molecule has 1 N–H and O–H groups in total. The van der Waals surface area contributed by atoms with E-state index in [-0.39, 0.29) is 11.1 Å². The van der Waals surface area contributed by atoms with Crippen LogP contribution >= 0.6 is 0 Å². The third-order valence-corrected chi connectivity index (χ3v) is 4.96. The Balaban J connectivity index is 2.18. The lowest BCUT2D eigenvalue weighted by Crippen LogP contribution is -2.35. The van der Waals surface area contributed by atoms with Crippen molar-refractivity contribution in [2.45, 2.75) is 35.4 Å². The van der Waals surface area contributed by atoms with Crippen LogP contribution in [0.1, 0.15) is 19.3 Å². The van der Waals surface area contributed by atoms with Gasteiger partial charge in [-0.2, -0.15) is 0 Å². The van der Waals surface area contributed by atoms with Gasteiger partial charge < -0.3 is 5.32 Å². The molecule has 2 rings (SSSR count). The minimum atomic E-state index is -1.10. The highest BCUT2D eigenvalue weighted by atomic mass is 32.2. The van der Waals surface area contributed by atoms with Crippen molar-refractivity contribution in [3.05, 3.63) is 30.1 Å². The molecule has 0 bridgehead atoms. The summed E-state index contributed by atoms with van der Waals surface area (Å²) in [7, 11) is 0.793. The van der Waals surface area contributed by atoms with Crippen LogP contribution in [-0.2, 0) is 10.8 Å². The average Bonchev–Trinajstić information content (AvgIpc) is 2.76. The zero-order valence-electron chi connectivity index (χ0n) is 9.28. The van der Waals surface area contributed by atoms with Crippen molar-refractivity contribution >= 4 is 10.8 Å². The zero-order valence-corrected chi connectivity index (χ0v) is 10.1. The summed E-state index contributed by atoms with van der Waals surface area (Å²) >= 11 is 0. The van der Waals surface area contributed by atoms with Gasteiger partial charge in [0.1, 0.15) is 5.82 Å². The lowest BCUT2D eigenvalue weighted by Gasteiger charge is -2.18. The standard InChI is InChI=1S/C12H16FNOS/c1-14-11-6-3-7-12(11)16(15)10-5-2-4-9(13)8-10/h2,4-5,8,11-12,14H,3,6-7H2,1H3. The van der Waals surface area contributed by atoms with Crippen molar-refractivity contribution in [1.29, 1.82) is 0 Å². The van der Waals surface area contributed by atoms with Crippen LogP contribution in [-0.4, -0.2) is 22.5 Å². The van der Waals surface area contributed by atoms with Gasteiger partial charge in [0, 0.05) is 10.9 Å². The first kappa shape index (κ1) is 11.7. The van der Waals surface area contributed by atoms with E-state index in [9.17, 15) is 8.60 Å². The van der Waals surface area contributed by atoms with E-state index >= 15 is 0 Å². The van der Waals surface area contributed by atoms with Gasteiger partial charge in [-0.15, -0.1) is 0 Å². The van der Waals surface area contributed by atoms with Gasteiger partial charge in [0.25, 0.3) is 0 Å². The maximum Gasteiger partial charge on any atom is 0.124 e. The Labute approximate surface area is 97.7 Å². The molecule has 16 heavy (non-hydrogen) atoms. The van der Waals surface area contributed by atoms with E-state index in [1.54, 1.807) is 12.1 Å². The Bertz CT molecular complexity index is 396. The molecule has 1 aliphatic carbocycles. The minimum absolute atomic E-state index is 0.117. The third kappa shape index (κ3) is 2.33. The highest BCUT2D eigenvalue weighted by molar-refractivity contribution is 7.85. The summed E-state index contributed by atoms with van der Waals surface area (Å²) in [6.45, 7) is 0. The van der Waals surface area contributed by atoms with Gasteiger partial charge in [-0.05, 0) is 38.1 Å². The SMILES string of the molecule is CNC1CCCC1S(=O)c1cccc(F)c1. The molecule has 0 radical (unpaired) electrons. The van der Waals surface area contributed by atoms with Crippen molar-refractivity contribution < 1.29 is 8.60 Å². The molecule has 3 unspecified atom stereocenters. The maximum atomic E-state index is 13.0. The van der Waals surface area contributed by atoms with Crippen LogP contribution in [0.5, 0.6) is 0 Å². The fourth-order valence-corrected chi connectivity index (χ4v) is 4.02. The highest BCUT2D eigenvalue weighted by Crippen LogP contribution is 2.27. The van der Waals surface area contributed by atoms with Gasteiger partial charge in [-0.3, -0.25) is 4.21 Å². The molecule has 1 saturated carbocycles. The summed E-state index contributed by atoms with van der Waals surface area (Å²) in [5, 5.41) is 3.31. The Kier molecular flexibility index (Phi) is 3.71. The molecule has 0 aliphatic heterocycles. The van der Waals surface area contributed by atoms with Gasteiger partial charge in [-0.1, -0.05) is 12.5 Å². The van der Waals surface area contributed by atoms with Crippen LogP contribution in [0.4, 0.5) is 4.39 Å². The molecule has 0 amide bonds. The summed E-state index contributed by atoms with van der Waals surface area (Å²) in [4.78, 5) is 0.604. The van der Waals surface area contributed by atoms with E-state index in [0.29, 0.717) is 10.9 Å². The largest absolute Gasteiger partial charge is 0.316 e. The molecule has 3 atom stereocenters. The zero-order chi connectivity index (χ0) is 11.5. The van der Waals surface area contributed by atoms with Gasteiger partial charge in [0.15, 0.2) is 0 Å². The van der Waals surface area contributed by atoms with Crippen LogP contribution in [0.15, 0.2) is 29.2 Å². The maximum absolute atomic E-state index is 13.0. The number of hydrogen-bond acceptors (Lipinski definition) is 2. The van der Waals surface area contributed by atoms with E-state index in [0.717, 1.165) is 19.3 Å². The molecule has 0 spiro atoms. The van der Waals surface area contributed by atoms with Gasteiger partial charge in [0.2, 0.25) is 0 Å². The highest BCUT2D eigenvalue weighted by Gasteiger charge is 2.31. The van der Waals surface area contributed by atoms with Crippen LogP contribution < -0.4 is 5.32 Å². The Hall–Kier alpha value is -0.740. The second-order valence-corrected chi connectivity index (χ2v) is 5.79. The van der Waals surface area contributed by atoms with Gasteiger partial charge >= 0.3 is 0 Å². The number of hydrogen-bond donors (Lipinski definition) is 1. The molecule has 1 aromatic carbocycles. The molecule has 0 saturated heterocycles. The molecule has 0 heterocycles. The van der Waals surface area contributed by atoms with Crippen molar-refractivity contribution in [2.24, 2.45) is 0 Å². The number of rotatable bonds is 3. The van der Waals surface area contributed by atoms with Crippen LogP contribution in [0.25, 0.3) is 0 Å². The molecule has 1 fully saturated rings. The molecule has 4 heteroatoms. The van der Waals surface area contributed by atoms with Crippen molar-refractivity contribution in [1.82, 2.24) is 5.32 Å². The van der Waals surface area contributed by atoms with Gasteiger partial charge in [-0.25, -0.2) is 4.39 Å². The minimum Gasteiger partial charge on any atom is -0.316 e. The number of halogens is 1. The predicted molar refractivity (Wildman–Crippen MR) is 63.3 cm³/mol. The lowest BCUT2D eigenvalue weighted by molar-refractivity contribution is 0.575. The third-order valence-electron chi connectivity index (χ3n) is 3.13. The fourth-order valence-electron chi connectivity index (χ4n) is 2.28. The van der Waals surface area contributed by atoms with Crippen molar-refractivity contribution in [3.63, 3.8) is 0 Å². The quantitative estimate of drug-likeness (QED) is 0.877. The van der Waals surface area contributed by atoms with Gasteiger partial charge in [0.05, 0.1) is 16.0 Å². The van der Waals surface area contributed by atoms with Crippen LogP contribution in [0.3, 0.4) is 0 Å². The first-order chi connectivity index (χ1) is 7.72. The Morgan fingerprint density at radius 3 is 2.94 bits per heavy atom. The van der Waals surface area contributed by atoms with Crippen molar-refractivity contribution in [3.8, 4) is 0 Å². The summed E-state index contributed by atoms with van der Waals surface area (Å²) in [6.07, 6.45) is 3.11. The number of benzene rings is 1. The second-order valence-electron chi connectivity index (χ2n) is 4.12. The lowest BCUT2D eigenvalue weighted by atomic mass is 10.2. The second kappa shape index (κ2) is 5.06. The molecule has 88 valence electrons. The summed E-state index contributed by atoms with van der Waals surface area (Å²) in [5.41, 5.74) is 0. The predicted octanol–water partition coefficient (Wildman–Crippen LogP) is 2.07. The van der Waals surface area contributed by atoms with E-state index in [2.05, 4.69) is 5.32 Å². The molecule has 2 nitrogen and oxygen atoms in total. The van der Waals surface area contributed by atoms with E-state index in [1.807, 2.05) is 7.05 Å². The topological polar surface area (TPSA) is 29.1 Å². The summed E-state index contributed by atoms with van der Waals surface area (Å²) < 4.78 is 25.3. The molecular weight excluding hydrogens is 225 g/mol. The molecular formula is C12H16FNOS. The van der Waals surface area contributed by atoms with Crippen LogP contribution in [0, 0.1) is 5.82 Å². The van der Waals surface area contributed by atoms with E-state index in [4.69, 9.17) is 0 Å². The smallest absolute Gasteiger partial charge is 0.124 e. The van der Waals surface area contributed by atoms with E-state index in [1.165, 1.54) is 12.1 Å². The van der Waals surface area contributed by atoms with Crippen LogP contribution in [0.2, 0.25) is 0 Å². The normalized spacial score (nSPS) is 26.9. The fraction of sp³-hybridized carbons (Fsp3) is 0.500. The van der Waals surface area contributed by atoms with Crippen molar-refractivity contribution in [2.75, 3.05) is 7.05 Å². The van der Waals surface area contributed by atoms with E-state index < -0.39 is 10.8 Å². The first-order valence-corrected chi connectivity index (χ1v) is 6.77. The number of nitrogens with one attached hydrogen (secondary N) is 1. The summed E-state index contributed by atoms with van der Waals surface area (Å²) in [6, 6.07) is 6.41.